The van der Waals surface area contributed by atoms with Gasteiger partial charge in [-0.25, -0.2) is 0 Å². The molecule has 0 aliphatic carbocycles. The van der Waals surface area contributed by atoms with Crippen molar-refractivity contribution in [3.8, 4) is 5.75 Å². The molecule has 6 heteroatoms. The van der Waals surface area contributed by atoms with Crippen LogP contribution in [0.3, 0.4) is 0 Å². The van der Waals surface area contributed by atoms with Crippen LogP contribution in [-0.2, 0) is 22.6 Å². The molecule has 0 bridgehead atoms. The van der Waals surface area contributed by atoms with Crippen molar-refractivity contribution in [1.29, 1.82) is 0 Å². The van der Waals surface area contributed by atoms with E-state index in [2.05, 4.69) is 28.8 Å². The number of benzene rings is 2. The van der Waals surface area contributed by atoms with Gasteiger partial charge in [-0.05, 0) is 42.7 Å². The molecule has 1 fully saturated rings. The number of methoxy groups -OCH3 is 1. The summed E-state index contributed by atoms with van der Waals surface area (Å²) in [6.07, 6.45) is 2.20. The zero-order chi connectivity index (χ0) is 20.2. The SMILES string of the molecule is COc1ccc(NC(=O)C2CCN(C(=O)[C@@H]3Cc4ccccc4C[NH2+]3)CC2)cc1. The average Bonchev–Trinajstić information content (AvgIpc) is 2.79. The smallest absolute Gasteiger partial charge is 0.281 e. The summed E-state index contributed by atoms with van der Waals surface area (Å²) in [6, 6.07) is 15.6. The summed E-state index contributed by atoms with van der Waals surface area (Å²) < 4.78 is 5.14. The molecule has 2 aromatic carbocycles. The molecule has 152 valence electrons. The molecule has 0 saturated carbocycles. The lowest BCUT2D eigenvalue weighted by Gasteiger charge is -2.34. The monoisotopic (exact) mass is 394 g/mol. The van der Waals surface area contributed by atoms with E-state index in [9.17, 15) is 9.59 Å². The quantitative estimate of drug-likeness (QED) is 0.826. The fourth-order valence-corrected chi connectivity index (χ4v) is 4.25. The number of fused-ring (bicyclic) bond motifs is 1. The van der Waals surface area contributed by atoms with Gasteiger partial charge in [0, 0.05) is 36.7 Å². The fraction of sp³-hybridized carbons (Fsp3) is 0.391. The number of nitrogens with zero attached hydrogens (tertiary/aromatic N) is 1. The Hall–Kier alpha value is -2.86. The third kappa shape index (κ3) is 4.43. The highest BCUT2D eigenvalue weighted by Gasteiger charge is 2.34. The Bertz CT molecular complexity index is 873. The van der Waals surface area contributed by atoms with Crippen LogP contribution in [0.2, 0.25) is 0 Å². The lowest BCUT2D eigenvalue weighted by molar-refractivity contribution is -0.695. The molecule has 0 aromatic heterocycles. The number of anilines is 1. The maximum absolute atomic E-state index is 13.0. The second-order valence-electron chi connectivity index (χ2n) is 7.84. The number of ether oxygens (including phenoxy) is 1. The molecule has 2 heterocycles. The molecule has 0 radical (unpaired) electrons. The number of carbonyl (C=O) groups is 2. The van der Waals surface area contributed by atoms with Crippen molar-refractivity contribution in [1.82, 2.24) is 4.90 Å². The zero-order valence-electron chi connectivity index (χ0n) is 16.8. The van der Waals surface area contributed by atoms with Crippen molar-refractivity contribution in [3.05, 3.63) is 59.7 Å². The van der Waals surface area contributed by atoms with Crippen molar-refractivity contribution in [2.45, 2.75) is 31.8 Å². The number of amides is 2. The van der Waals surface area contributed by atoms with Gasteiger partial charge in [0.05, 0.1) is 7.11 Å². The molecule has 1 saturated heterocycles. The second-order valence-corrected chi connectivity index (χ2v) is 7.84. The van der Waals surface area contributed by atoms with Gasteiger partial charge in [-0.15, -0.1) is 0 Å². The molecule has 2 aliphatic rings. The lowest BCUT2D eigenvalue weighted by Crippen LogP contribution is -2.93. The van der Waals surface area contributed by atoms with Crippen LogP contribution in [0.5, 0.6) is 5.75 Å². The number of piperidine rings is 1. The number of quaternary nitrogens is 1. The third-order valence-corrected chi connectivity index (χ3v) is 6.03. The second kappa shape index (κ2) is 8.66. The number of nitrogens with one attached hydrogen (secondary N) is 1. The Kier molecular flexibility index (Phi) is 5.81. The summed E-state index contributed by atoms with van der Waals surface area (Å²) in [7, 11) is 1.62. The fourth-order valence-electron chi connectivity index (χ4n) is 4.25. The van der Waals surface area contributed by atoms with Crippen LogP contribution in [-0.4, -0.2) is 43.0 Å². The highest BCUT2D eigenvalue weighted by atomic mass is 16.5. The molecule has 2 aromatic rings. The first kappa shape index (κ1) is 19.5. The minimum absolute atomic E-state index is 0.0282. The number of rotatable bonds is 4. The van der Waals surface area contributed by atoms with E-state index < -0.39 is 0 Å². The Morgan fingerprint density at radius 2 is 1.72 bits per heavy atom. The Morgan fingerprint density at radius 3 is 2.41 bits per heavy atom. The number of carbonyl (C=O) groups excluding carboxylic acids is 2. The number of hydrogen-bond acceptors (Lipinski definition) is 3. The third-order valence-electron chi connectivity index (χ3n) is 6.03. The first-order valence-electron chi connectivity index (χ1n) is 10.3. The van der Waals surface area contributed by atoms with Crippen LogP contribution in [0.15, 0.2) is 48.5 Å². The molecule has 2 aliphatic heterocycles. The van der Waals surface area contributed by atoms with Crippen molar-refractivity contribution >= 4 is 17.5 Å². The molecule has 2 amide bonds. The summed E-state index contributed by atoms with van der Waals surface area (Å²) in [4.78, 5) is 27.5. The number of likely N-dealkylation sites (tertiary alicyclic amines) is 1. The zero-order valence-corrected chi connectivity index (χ0v) is 16.8. The van der Waals surface area contributed by atoms with Gasteiger partial charge in [0.2, 0.25) is 5.91 Å². The summed E-state index contributed by atoms with van der Waals surface area (Å²) in [5.41, 5.74) is 3.37. The van der Waals surface area contributed by atoms with Crippen LogP contribution in [0.25, 0.3) is 0 Å². The van der Waals surface area contributed by atoms with Gasteiger partial charge >= 0.3 is 0 Å². The molecule has 3 N–H and O–H groups in total. The van der Waals surface area contributed by atoms with Crippen molar-refractivity contribution in [2.24, 2.45) is 5.92 Å². The molecule has 29 heavy (non-hydrogen) atoms. The van der Waals surface area contributed by atoms with Crippen LogP contribution in [0, 0.1) is 5.92 Å². The van der Waals surface area contributed by atoms with Gasteiger partial charge < -0.3 is 20.3 Å². The number of hydrogen-bond donors (Lipinski definition) is 2. The van der Waals surface area contributed by atoms with Crippen LogP contribution < -0.4 is 15.4 Å². The summed E-state index contributed by atoms with van der Waals surface area (Å²) >= 11 is 0. The Morgan fingerprint density at radius 1 is 1.03 bits per heavy atom. The van der Waals surface area contributed by atoms with E-state index in [1.807, 2.05) is 35.2 Å². The van der Waals surface area contributed by atoms with E-state index in [-0.39, 0.29) is 23.8 Å². The van der Waals surface area contributed by atoms with Crippen molar-refractivity contribution < 1.29 is 19.6 Å². The first-order valence-corrected chi connectivity index (χ1v) is 10.3. The van der Waals surface area contributed by atoms with Gasteiger partial charge in [0.1, 0.15) is 12.3 Å². The van der Waals surface area contributed by atoms with E-state index in [1.54, 1.807) is 7.11 Å². The molecule has 4 rings (SSSR count). The van der Waals surface area contributed by atoms with Crippen molar-refractivity contribution in [3.63, 3.8) is 0 Å². The van der Waals surface area contributed by atoms with Gasteiger partial charge in [-0.2, -0.15) is 0 Å². The molecule has 0 unspecified atom stereocenters. The van der Waals surface area contributed by atoms with Crippen LogP contribution in [0.1, 0.15) is 24.0 Å². The minimum Gasteiger partial charge on any atom is -0.497 e. The van der Waals surface area contributed by atoms with E-state index in [1.165, 1.54) is 11.1 Å². The Labute approximate surface area is 171 Å². The van der Waals surface area contributed by atoms with Gasteiger partial charge in [-0.1, -0.05) is 24.3 Å². The predicted molar refractivity (Wildman–Crippen MR) is 110 cm³/mol. The van der Waals surface area contributed by atoms with E-state index in [0.29, 0.717) is 25.9 Å². The van der Waals surface area contributed by atoms with Gasteiger partial charge in [0.15, 0.2) is 6.04 Å². The summed E-state index contributed by atoms with van der Waals surface area (Å²) in [5, 5.41) is 5.12. The molecular weight excluding hydrogens is 366 g/mol. The maximum Gasteiger partial charge on any atom is 0.281 e. The lowest BCUT2D eigenvalue weighted by atomic mass is 9.92. The highest BCUT2D eigenvalue weighted by molar-refractivity contribution is 5.92. The van der Waals surface area contributed by atoms with Crippen LogP contribution >= 0.6 is 0 Å². The topological polar surface area (TPSA) is 75.2 Å². The minimum atomic E-state index is -0.0581. The maximum atomic E-state index is 13.0. The molecule has 6 nitrogen and oxygen atoms in total. The van der Waals surface area contributed by atoms with E-state index in [0.717, 1.165) is 24.4 Å². The first-order chi connectivity index (χ1) is 14.1. The predicted octanol–water partition coefficient (Wildman–Crippen LogP) is 1.56. The largest absolute Gasteiger partial charge is 0.497 e. The normalized spacial score (nSPS) is 19.3. The van der Waals surface area contributed by atoms with Crippen LogP contribution in [0.4, 0.5) is 5.69 Å². The number of nitrogens with two attached hydrogens (primary N) is 1. The van der Waals surface area contributed by atoms with Gasteiger partial charge in [0.25, 0.3) is 5.91 Å². The average molecular weight is 394 g/mol. The summed E-state index contributed by atoms with van der Waals surface area (Å²) in [5.74, 6) is 0.933. The Balaban J connectivity index is 1.28. The highest BCUT2D eigenvalue weighted by Crippen LogP contribution is 2.22. The van der Waals surface area contributed by atoms with Crippen molar-refractivity contribution in [2.75, 3.05) is 25.5 Å². The molecular formula is C23H28N3O3+. The van der Waals surface area contributed by atoms with E-state index >= 15 is 0 Å². The van der Waals surface area contributed by atoms with Gasteiger partial charge in [-0.3, -0.25) is 9.59 Å². The van der Waals surface area contributed by atoms with E-state index in [4.69, 9.17) is 4.74 Å². The molecule has 0 spiro atoms. The summed E-state index contributed by atoms with van der Waals surface area (Å²) in [6.45, 7) is 2.14. The molecule has 1 atom stereocenters. The standard InChI is InChI=1S/C23H27N3O3/c1-29-20-8-6-19(7-9-20)25-22(27)16-10-12-26(13-11-16)23(28)21-14-17-4-2-3-5-18(17)15-24-21/h2-9,16,21,24H,10-15H2,1H3,(H,25,27)/p+1/t21-/m0/s1.